The Morgan fingerprint density at radius 3 is 2.37 bits per heavy atom. The molecule has 0 aromatic heterocycles. The summed E-state index contributed by atoms with van der Waals surface area (Å²) in [6.07, 6.45) is 0. The number of anilines is 1. The van der Waals surface area contributed by atoms with Crippen molar-refractivity contribution in [1.29, 1.82) is 0 Å². The van der Waals surface area contributed by atoms with Crippen molar-refractivity contribution in [3.05, 3.63) is 64.9 Å². The molecule has 2 aromatic carbocycles. The Kier molecular flexibility index (Phi) is 6.30. The van der Waals surface area contributed by atoms with Crippen LogP contribution in [0.2, 0.25) is 0 Å². The molecule has 1 unspecified atom stereocenters. The van der Waals surface area contributed by atoms with E-state index in [-0.39, 0.29) is 11.9 Å². The van der Waals surface area contributed by atoms with Gasteiger partial charge in [0.05, 0.1) is 31.5 Å². The lowest BCUT2D eigenvalue weighted by Gasteiger charge is -2.29. The fraction of sp³-hybridized carbons (Fsp3) is 0.304. The lowest BCUT2D eigenvalue weighted by Crippen LogP contribution is -2.46. The minimum Gasteiger partial charge on any atom is -0.497 e. The number of ether oxygens (including phenoxy) is 2. The van der Waals surface area contributed by atoms with Gasteiger partial charge in [-0.25, -0.2) is 4.79 Å². The molecule has 7 heteroatoms. The van der Waals surface area contributed by atoms with Gasteiger partial charge in [0, 0.05) is 11.8 Å². The van der Waals surface area contributed by atoms with Crippen molar-refractivity contribution in [2.75, 3.05) is 19.5 Å². The third-order valence-electron chi connectivity index (χ3n) is 5.11. The molecule has 0 bridgehead atoms. The highest BCUT2D eigenvalue weighted by atomic mass is 16.5. The molecule has 0 radical (unpaired) electrons. The second-order valence-electron chi connectivity index (χ2n) is 7.41. The molecular weight excluding hydrogens is 382 g/mol. The number of hydrogen-bond acceptors (Lipinski definition) is 4. The van der Waals surface area contributed by atoms with Gasteiger partial charge in [-0.3, -0.25) is 4.79 Å². The topological polar surface area (TPSA) is 88.7 Å². The second kappa shape index (κ2) is 8.90. The van der Waals surface area contributed by atoms with E-state index in [2.05, 4.69) is 29.8 Å². The van der Waals surface area contributed by atoms with Gasteiger partial charge in [-0.2, -0.15) is 0 Å². The predicted molar refractivity (Wildman–Crippen MR) is 116 cm³/mol. The minimum absolute atomic E-state index is 0.343. The molecule has 0 saturated heterocycles. The first-order chi connectivity index (χ1) is 14.3. The summed E-state index contributed by atoms with van der Waals surface area (Å²) < 4.78 is 10.6. The minimum atomic E-state index is -0.573. The Labute approximate surface area is 176 Å². The van der Waals surface area contributed by atoms with Crippen LogP contribution in [-0.4, -0.2) is 26.2 Å². The largest absolute Gasteiger partial charge is 0.497 e. The van der Waals surface area contributed by atoms with Crippen LogP contribution in [0.15, 0.2) is 53.7 Å². The van der Waals surface area contributed by atoms with Gasteiger partial charge >= 0.3 is 6.03 Å². The summed E-state index contributed by atoms with van der Waals surface area (Å²) in [4.78, 5) is 25.4. The maximum absolute atomic E-state index is 13.3. The highest BCUT2D eigenvalue weighted by Crippen LogP contribution is 2.32. The Hall–Kier alpha value is -3.48. The summed E-state index contributed by atoms with van der Waals surface area (Å²) in [5.74, 6) is 1.15. The molecule has 158 valence electrons. The molecule has 0 saturated carbocycles. The molecule has 1 aliphatic rings. The lowest BCUT2D eigenvalue weighted by molar-refractivity contribution is -0.113. The summed E-state index contributed by atoms with van der Waals surface area (Å²) in [5.41, 5.74) is 3.42. The summed E-state index contributed by atoms with van der Waals surface area (Å²) in [6, 6.07) is 12.2. The molecule has 3 rings (SSSR count). The molecule has 7 nitrogen and oxygen atoms in total. The molecule has 0 spiro atoms. The van der Waals surface area contributed by atoms with Crippen molar-refractivity contribution in [2.24, 2.45) is 0 Å². The van der Waals surface area contributed by atoms with Gasteiger partial charge in [0.15, 0.2) is 0 Å². The van der Waals surface area contributed by atoms with Crippen LogP contribution in [0, 0.1) is 0 Å². The van der Waals surface area contributed by atoms with Gasteiger partial charge in [0.2, 0.25) is 0 Å². The van der Waals surface area contributed by atoms with E-state index in [1.165, 1.54) is 12.7 Å². The number of carbonyl (C=O) groups is 2. The summed E-state index contributed by atoms with van der Waals surface area (Å²) >= 11 is 0. The van der Waals surface area contributed by atoms with Crippen LogP contribution in [-0.2, 0) is 4.79 Å². The molecule has 1 atom stereocenters. The fourth-order valence-corrected chi connectivity index (χ4v) is 3.42. The van der Waals surface area contributed by atoms with Gasteiger partial charge in [-0.15, -0.1) is 0 Å². The van der Waals surface area contributed by atoms with E-state index in [1.54, 1.807) is 32.2 Å². The van der Waals surface area contributed by atoms with Gasteiger partial charge in [-0.1, -0.05) is 38.1 Å². The number of allylic oxidation sites excluding steroid dienone is 1. The van der Waals surface area contributed by atoms with Gasteiger partial charge < -0.3 is 25.4 Å². The maximum atomic E-state index is 13.3. The van der Waals surface area contributed by atoms with E-state index in [0.717, 1.165) is 5.56 Å². The van der Waals surface area contributed by atoms with E-state index < -0.39 is 6.04 Å². The van der Waals surface area contributed by atoms with Crippen LogP contribution in [0.3, 0.4) is 0 Å². The molecule has 1 aliphatic heterocycles. The Bertz CT molecular complexity index is 980. The number of methoxy groups -OCH3 is 2. The van der Waals surface area contributed by atoms with Gasteiger partial charge in [0.1, 0.15) is 11.5 Å². The van der Waals surface area contributed by atoms with E-state index >= 15 is 0 Å². The van der Waals surface area contributed by atoms with Crippen molar-refractivity contribution in [2.45, 2.75) is 32.7 Å². The highest BCUT2D eigenvalue weighted by Gasteiger charge is 2.31. The first kappa shape index (κ1) is 21.2. The number of rotatable bonds is 6. The SMILES string of the molecule is COc1ccc(OC)c(NC(=O)C2=C(C)NC(=O)NC2c2ccc(C(C)C)cc2)c1. The smallest absolute Gasteiger partial charge is 0.319 e. The third-order valence-corrected chi connectivity index (χ3v) is 5.11. The Balaban J connectivity index is 1.95. The number of amides is 3. The number of nitrogens with one attached hydrogen (secondary N) is 3. The predicted octanol–water partition coefficient (Wildman–Crippen LogP) is 4.09. The normalized spacial score (nSPS) is 16.1. The summed E-state index contributed by atoms with van der Waals surface area (Å²) in [6.45, 7) is 5.95. The number of urea groups is 1. The number of hydrogen-bond donors (Lipinski definition) is 3. The van der Waals surface area contributed by atoms with Crippen LogP contribution in [0.4, 0.5) is 10.5 Å². The molecule has 30 heavy (non-hydrogen) atoms. The van der Waals surface area contributed by atoms with Crippen LogP contribution >= 0.6 is 0 Å². The quantitative estimate of drug-likeness (QED) is 0.670. The van der Waals surface area contributed by atoms with Crippen LogP contribution < -0.4 is 25.4 Å². The third kappa shape index (κ3) is 4.40. The molecule has 2 aromatic rings. The Morgan fingerprint density at radius 1 is 1.07 bits per heavy atom. The highest BCUT2D eigenvalue weighted by molar-refractivity contribution is 6.07. The van der Waals surface area contributed by atoms with Gasteiger partial charge in [0.25, 0.3) is 5.91 Å². The van der Waals surface area contributed by atoms with Gasteiger partial charge in [-0.05, 0) is 36.1 Å². The molecule has 1 heterocycles. The lowest BCUT2D eigenvalue weighted by atomic mass is 9.92. The fourth-order valence-electron chi connectivity index (χ4n) is 3.42. The zero-order valence-corrected chi connectivity index (χ0v) is 17.8. The average Bonchev–Trinajstić information content (AvgIpc) is 2.73. The van der Waals surface area contributed by atoms with Crippen LogP contribution in [0.5, 0.6) is 11.5 Å². The van der Waals surface area contributed by atoms with Crippen molar-refractivity contribution < 1.29 is 19.1 Å². The number of carbonyl (C=O) groups excluding carboxylic acids is 2. The average molecular weight is 409 g/mol. The molecule has 0 aliphatic carbocycles. The Morgan fingerprint density at radius 2 is 1.77 bits per heavy atom. The van der Waals surface area contributed by atoms with Crippen LogP contribution in [0.25, 0.3) is 0 Å². The molecule has 3 amide bonds. The van der Waals surface area contributed by atoms with E-state index in [4.69, 9.17) is 9.47 Å². The van der Waals surface area contributed by atoms with Crippen molar-refractivity contribution in [1.82, 2.24) is 10.6 Å². The first-order valence-corrected chi connectivity index (χ1v) is 9.75. The zero-order valence-electron chi connectivity index (χ0n) is 17.8. The summed E-state index contributed by atoms with van der Waals surface area (Å²) in [7, 11) is 3.08. The maximum Gasteiger partial charge on any atom is 0.319 e. The molecule has 3 N–H and O–H groups in total. The van der Waals surface area contributed by atoms with E-state index in [0.29, 0.717) is 34.4 Å². The number of benzene rings is 2. The van der Waals surface area contributed by atoms with E-state index in [9.17, 15) is 9.59 Å². The van der Waals surface area contributed by atoms with Crippen molar-refractivity contribution in [3.63, 3.8) is 0 Å². The molecular formula is C23H27N3O4. The first-order valence-electron chi connectivity index (χ1n) is 9.75. The zero-order chi connectivity index (χ0) is 21.8. The standard InChI is InChI=1S/C23H27N3O4/c1-13(2)15-6-8-16(9-7-15)21-20(14(3)24-23(28)26-21)22(27)25-18-12-17(29-4)10-11-19(18)30-5/h6-13,21H,1-5H3,(H,25,27)(H2,24,26,28). The second-order valence-corrected chi connectivity index (χ2v) is 7.41. The van der Waals surface area contributed by atoms with E-state index in [1.807, 2.05) is 24.3 Å². The van der Waals surface area contributed by atoms with Crippen molar-refractivity contribution in [3.8, 4) is 11.5 Å². The monoisotopic (exact) mass is 409 g/mol. The molecule has 0 fully saturated rings. The van der Waals surface area contributed by atoms with Crippen LogP contribution in [0.1, 0.15) is 43.9 Å². The summed E-state index contributed by atoms with van der Waals surface area (Å²) in [5, 5.41) is 8.43. The van der Waals surface area contributed by atoms with Crippen molar-refractivity contribution >= 4 is 17.6 Å².